The Kier molecular flexibility index (Phi) is 4.11. The molecule has 1 atom stereocenters. The van der Waals surface area contributed by atoms with Gasteiger partial charge in [-0.05, 0) is 25.0 Å². The van der Waals surface area contributed by atoms with E-state index in [0.29, 0.717) is 5.69 Å². The van der Waals surface area contributed by atoms with Crippen LogP contribution in [0.2, 0.25) is 0 Å². The van der Waals surface area contributed by atoms with Crippen LogP contribution in [-0.4, -0.2) is 47.0 Å². The molecule has 0 saturated carbocycles. The van der Waals surface area contributed by atoms with Crippen molar-refractivity contribution in [3.63, 3.8) is 0 Å². The molecule has 21 heavy (non-hydrogen) atoms. The lowest BCUT2D eigenvalue weighted by Crippen LogP contribution is -2.60. The summed E-state index contributed by atoms with van der Waals surface area (Å²) in [7, 11) is 0. The Morgan fingerprint density at radius 2 is 1.95 bits per heavy atom. The lowest BCUT2D eigenvalue weighted by molar-refractivity contribution is -0.144. The van der Waals surface area contributed by atoms with E-state index in [1.165, 1.54) is 0 Å². The molecule has 1 unspecified atom stereocenters. The van der Waals surface area contributed by atoms with Crippen LogP contribution >= 0.6 is 0 Å². The molecule has 1 heterocycles. The van der Waals surface area contributed by atoms with Crippen LogP contribution < -0.4 is 10.6 Å². The Morgan fingerprint density at radius 1 is 1.33 bits per heavy atom. The van der Waals surface area contributed by atoms with Crippen LogP contribution in [0.4, 0.5) is 10.5 Å². The number of hydrogen-bond donors (Lipinski definition) is 3. The molecule has 1 saturated heterocycles. The first kappa shape index (κ1) is 14.8. The summed E-state index contributed by atoms with van der Waals surface area (Å²) in [5, 5.41) is 14.3. The summed E-state index contributed by atoms with van der Waals surface area (Å²) in [6.07, 6.45) is 0. The number of anilines is 1. The molecule has 3 amide bonds. The Labute approximate surface area is 121 Å². The highest BCUT2D eigenvalue weighted by Gasteiger charge is 2.35. The van der Waals surface area contributed by atoms with Gasteiger partial charge in [0.05, 0.1) is 0 Å². The first-order valence-corrected chi connectivity index (χ1v) is 6.53. The number of benzene rings is 1. The number of carbonyl (C=O) groups excluding carboxylic acids is 2. The summed E-state index contributed by atoms with van der Waals surface area (Å²) in [6, 6.07) is 3.91. The minimum atomic E-state index is -1.15. The van der Waals surface area contributed by atoms with E-state index in [2.05, 4.69) is 10.6 Å². The van der Waals surface area contributed by atoms with Crippen molar-refractivity contribution >= 4 is 23.6 Å². The molecular formula is C14H17N3O4. The van der Waals surface area contributed by atoms with Crippen molar-refractivity contribution in [1.29, 1.82) is 0 Å². The van der Waals surface area contributed by atoms with Crippen molar-refractivity contribution in [3.8, 4) is 0 Å². The third-order valence-electron chi connectivity index (χ3n) is 3.44. The maximum absolute atomic E-state index is 12.3. The summed E-state index contributed by atoms with van der Waals surface area (Å²) < 4.78 is 0. The largest absolute Gasteiger partial charge is 0.480 e. The fourth-order valence-corrected chi connectivity index (χ4v) is 2.27. The first-order valence-electron chi connectivity index (χ1n) is 6.53. The number of piperazine rings is 1. The summed E-state index contributed by atoms with van der Waals surface area (Å²) in [4.78, 5) is 35.9. The second-order valence-corrected chi connectivity index (χ2v) is 4.98. The van der Waals surface area contributed by atoms with Gasteiger partial charge in [-0.25, -0.2) is 9.59 Å². The van der Waals surface area contributed by atoms with Crippen molar-refractivity contribution in [3.05, 3.63) is 29.3 Å². The highest BCUT2D eigenvalue weighted by atomic mass is 16.4. The number of carboxylic acids is 1. The average Bonchev–Trinajstić information content (AvgIpc) is 2.42. The molecule has 2 rings (SSSR count). The van der Waals surface area contributed by atoms with Gasteiger partial charge in [-0.2, -0.15) is 0 Å². The molecule has 7 nitrogen and oxygen atoms in total. The minimum absolute atomic E-state index is 0.0889. The van der Waals surface area contributed by atoms with E-state index >= 15 is 0 Å². The van der Waals surface area contributed by atoms with Crippen molar-refractivity contribution in [2.45, 2.75) is 19.9 Å². The van der Waals surface area contributed by atoms with Crippen LogP contribution in [0.25, 0.3) is 0 Å². The standard InChI is InChI=1S/C14H17N3O4/c1-8-4-3-5-9(2)12(8)16-14(21)17-7-11(18)15-6-10(17)13(19)20/h3-5,10H,6-7H2,1-2H3,(H,15,18)(H,16,21)(H,19,20). The predicted molar refractivity (Wildman–Crippen MR) is 76.1 cm³/mol. The molecule has 0 aliphatic carbocycles. The van der Waals surface area contributed by atoms with Crippen LogP contribution in [0.3, 0.4) is 0 Å². The Hall–Kier alpha value is -2.57. The molecule has 0 radical (unpaired) electrons. The van der Waals surface area contributed by atoms with Gasteiger partial charge >= 0.3 is 12.0 Å². The fourth-order valence-electron chi connectivity index (χ4n) is 2.27. The van der Waals surface area contributed by atoms with Crippen molar-refractivity contribution in [2.75, 3.05) is 18.4 Å². The summed E-state index contributed by atoms with van der Waals surface area (Å²) in [6.45, 7) is 3.34. The van der Waals surface area contributed by atoms with Gasteiger partial charge in [0.2, 0.25) is 5.91 Å². The number of hydrogen-bond acceptors (Lipinski definition) is 3. The molecule has 1 aliphatic rings. The molecule has 112 valence electrons. The van der Waals surface area contributed by atoms with E-state index in [9.17, 15) is 14.4 Å². The summed E-state index contributed by atoms with van der Waals surface area (Å²) in [5.74, 6) is -1.52. The molecule has 7 heteroatoms. The maximum atomic E-state index is 12.3. The third-order valence-corrected chi connectivity index (χ3v) is 3.44. The maximum Gasteiger partial charge on any atom is 0.328 e. The molecule has 1 aliphatic heterocycles. The molecule has 0 bridgehead atoms. The predicted octanol–water partition coefficient (Wildman–Crippen LogP) is 0.720. The van der Waals surface area contributed by atoms with E-state index in [4.69, 9.17) is 5.11 Å². The van der Waals surface area contributed by atoms with Crippen LogP contribution in [-0.2, 0) is 9.59 Å². The average molecular weight is 291 g/mol. The molecule has 0 aromatic heterocycles. The van der Waals surface area contributed by atoms with Crippen LogP contribution in [0.5, 0.6) is 0 Å². The molecule has 1 fully saturated rings. The number of amides is 3. The topological polar surface area (TPSA) is 98.7 Å². The number of urea groups is 1. The summed E-state index contributed by atoms with van der Waals surface area (Å²) in [5.41, 5.74) is 2.38. The number of carboxylic acid groups (broad SMARTS) is 1. The number of aliphatic carboxylic acids is 1. The van der Waals surface area contributed by atoms with Gasteiger partial charge in [0.15, 0.2) is 0 Å². The quantitative estimate of drug-likeness (QED) is 0.747. The van der Waals surface area contributed by atoms with Gasteiger partial charge in [0.1, 0.15) is 12.6 Å². The van der Waals surface area contributed by atoms with Gasteiger partial charge in [0.25, 0.3) is 0 Å². The number of nitrogens with zero attached hydrogens (tertiary/aromatic N) is 1. The minimum Gasteiger partial charge on any atom is -0.480 e. The van der Waals surface area contributed by atoms with Gasteiger partial charge < -0.3 is 15.7 Å². The Bertz CT molecular complexity index is 580. The molecular weight excluding hydrogens is 274 g/mol. The van der Waals surface area contributed by atoms with E-state index in [0.717, 1.165) is 16.0 Å². The Balaban J connectivity index is 2.21. The van der Waals surface area contributed by atoms with Crippen molar-refractivity contribution < 1.29 is 19.5 Å². The van der Waals surface area contributed by atoms with Crippen LogP contribution in [0.1, 0.15) is 11.1 Å². The van der Waals surface area contributed by atoms with E-state index < -0.39 is 18.0 Å². The summed E-state index contributed by atoms with van der Waals surface area (Å²) >= 11 is 0. The molecule has 3 N–H and O–H groups in total. The number of carbonyl (C=O) groups is 3. The Morgan fingerprint density at radius 3 is 2.52 bits per heavy atom. The highest BCUT2D eigenvalue weighted by molar-refractivity contribution is 5.97. The van der Waals surface area contributed by atoms with E-state index in [1.54, 1.807) is 0 Å². The monoisotopic (exact) mass is 291 g/mol. The second-order valence-electron chi connectivity index (χ2n) is 4.98. The zero-order valence-corrected chi connectivity index (χ0v) is 11.8. The van der Waals surface area contributed by atoms with Crippen LogP contribution in [0.15, 0.2) is 18.2 Å². The zero-order chi connectivity index (χ0) is 15.6. The van der Waals surface area contributed by atoms with Gasteiger partial charge in [-0.1, -0.05) is 18.2 Å². The highest BCUT2D eigenvalue weighted by Crippen LogP contribution is 2.20. The zero-order valence-electron chi connectivity index (χ0n) is 11.8. The molecule has 0 spiro atoms. The fraction of sp³-hybridized carbons (Fsp3) is 0.357. The lowest BCUT2D eigenvalue weighted by Gasteiger charge is -2.32. The van der Waals surface area contributed by atoms with Gasteiger partial charge in [0, 0.05) is 12.2 Å². The molecule has 1 aromatic carbocycles. The number of para-hydroxylation sites is 1. The van der Waals surface area contributed by atoms with Gasteiger partial charge in [-0.15, -0.1) is 0 Å². The van der Waals surface area contributed by atoms with E-state index in [1.807, 2.05) is 32.0 Å². The normalized spacial score (nSPS) is 18.1. The van der Waals surface area contributed by atoms with E-state index in [-0.39, 0.29) is 19.0 Å². The third kappa shape index (κ3) is 3.13. The number of aryl methyl sites for hydroxylation is 2. The SMILES string of the molecule is Cc1cccc(C)c1NC(=O)N1CC(=O)NCC1C(=O)O. The first-order chi connectivity index (χ1) is 9.90. The lowest BCUT2D eigenvalue weighted by atomic mass is 10.1. The number of nitrogens with one attached hydrogen (secondary N) is 2. The van der Waals surface area contributed by atoms with Crippen molar-refractivity contribution in [1.82, 2.24) is 10.2 Å². The number of rotatable bonds is 2. The van der Waals surface area contributed by atoms with Gasteiger partial charge in [-0.3, -0.25) is 9.69 Å². The van der Waals surface area contributed by atoms with Crippen molar-refractivity contribution in [2.24, 2.45) is 0 Å². The smallest absolute Gasteiger partial charge is 0.328 e. The van der Waals surface area contributed by atoms with Crippen LogP contribution in [0, 0.1) is 13.8 Å². The second kappa shape index (κ2) is 5.82. The molecule has 1 aromatic rings.